The first kappa shape index (κ1) is 13.9. The second-order valence-corrected chi connectivity index (χ2v) is 8.01. The number of rotatable bonds is 3. The molecule has 0 bridgehead atoms. The van der Waals surface area contributed by atoms with Gasteiger partial charge in [-0.05, 0) is 60.8 Å². The van der Waals surface area contributed by atoms with E-state index in [4.69, 9.17) is 0 Å². The first-order chi connectivity index (χ1) is 10.4. The molecule has 0 heteroatoms. The maximum Gasteiger partial charge on any atom is -0.0128 e. The number of hydrogen-bond donors (Lipinski definition) is 0. The Morgan fingerprint density at radius 1 is 0.762 bits per heavy atom. The minimum atomic E-state index is 0.878. The van der Waals surface area contributed by atoms with Crippen LogP contribution in [0.5, 0.6) is 0 Å². The fourth-order valence-corrected chi connectivity index (χ4v) is 5.98. The van der Waals surface area contributed by atoms with E-state index in [-0.39, 0.29) is 0 Å². The molecule has 0 nitrogen and oxygen atoms in total. The molecule has 21 heavy (non-hydrogen) atoms. The molecule has 1 aromatic carbocycles. The topological polar surface area (TPSA) is 0 Å². The van der Waals surface area contributed by atoms with Crippen LogP contribution in [0.15, 0.2) is 30.3 Å². The molecule has 0 radical (unpaired) electrons. The van der Waals surface area contributed by atoms with Crippen LogP contribution >= 0.6 is 0 Å². The van der Waals surface area contributed by atoms with Crippen molar-refractivity contribution in [2.45, 2.75) is 70.1 Å². The summed E-state index contributed by atoms with van der Waals surface area (Å²) in [4.78, 5) is 0. The van der Waals surface area contributed by atoms with E-state index in [1.807, 2.05) is 0 Å². The van der Waals surface area contributed by atoms with Gasteiger partial charge in [-0.1, -0.05) is 68.9 Å². The van der Waals surface area contributed by atoms with Gasteiger partial charge in [-0.25, -0.2) is 0 Å². The number of fused-ring (bicyclic) bond motifs is 1. The summed E-state index contributed by atoms with van der Waals surface area (Å²) in [5.74, 6) is 5.07. The summed E-state index contributed by atoms with van der Waals surface area (Å²) in [6.07, 6.45) is 15.2. The highest BCUT2D eigenvalue weighted by molar-refractivity contribution is 5.23. The van der Waals surface area contributed by atoms with Gasteiger partial charge in [-0.3, -0.25) is 0 Å². The fraction of sp³-hybridized carbons (Fsp3) is 0.714. The highest BCUT2D eigenvalue weighted by Gasteiger charge is 2.44. The summed E-state index contributed by atoms with van der Waals surface area (Å²) >= 11 is 0. The lowest BCUT2D eigenvalue weighted by Gasteiger charge is -2.32. The average Bonchev–Trinajstić information content (AvgIpc) is 3.17. The van der Waals surface area contributed by atoms with E-state index in [1.54, 1.807) is 12.0 Å². The molecule has 0 amide bonds. The molecule has 4 rings (SSSR count). The fourth-order valence-electron chi connectivity index (χ4n) is 5.98. The van der Waals surface area contributed by atoms with E-state index in [2.05, 4.69) is 30.3 Å². The van der Waals surface area contributed by atoms with Gasteiger partial charge in [-0.2, -0.15) is 0 Å². The molecule has 1 aromatic rings. The van der Waals surface area contributed by atoms with Gasteiger partial charge in [0.2, 0.25) is 0 Å². The molecule has 4 atom stereocenters. The van der Waals surface area contributed by atoms with Crippen molar-refractivity contribution in [3.63, 3.8) is 0 Å². The highest BCUT2D eigenvalue weighted by atomic mass is 14.5. The van der Waals surface area contributed by atoms with Crippen molar-refractivity contribution in [3.8, 4) is 0 Å². The summed E-state index contributed by atoms with van der Waals surface area (Å²) in [5.41, 5.74) is 1.64. The van der Waals surface area contributed by atoms with Gasteiger partial charge in [-0.15, -0.1) is 0 Å². The number of benzene rings is 1. The summed E-state index contributed by atoms with van der Waals surface area (Å²) in [5, 5.41) is 0. The molecule has 0 N–H and O–H groups in total. The zero-order valence-corrected chi connectivity index (χ0v) is 13.3. The Morgan fingerprint density at radius 2 is 1.43 bits per heavy atom. The van der Waals surface area contributed by atoms with Crippen molar-refractivity contribution in [3.05, 3.63) is 35.9 Å². The Labute approximate surface area is 130 Å². The van der Waals surface area contributed by atoms with E-state index >= 15 is 0 Å². The minimum Gasteiger partial charge on any atom is -0.0622 e. The molecule has 3 fully saturated rings. The molecule has 4 unspecified atom stereocenters. The Bertz CT molecular complexity index is 442. The summed E-state index contributed by atoms with van der Waals surface area (Å²) in [6.45, 7) is 0. The van der Waals surface area contributed by atoms with Crippen LogP contribution in [0.4, 0.5) is 0 Å². The normalized spacial score (nSPS) is 36.8. The lowest BCUT2D eigenvalue weighted by molar-refractivity contribution is 0.199. The van der Waals surface area contributed by atoms with Crippen molar-refractivity contribution in [1.82, 2.24) is 0 Å². The zero-order chi connectivity index (χ0) is 14.1. The Hall–Kier alpha value is -0.780. The predicted octanol–water partition coefficient (Wildman–Crippen LogP) is 6.18. The van der Waals surface area contributed by atoms with Gasteiger partial charge in [0.25, 0.3) is 0 Å². The summed E-state index contributed by atoms with van der Waals surface area (Å²) in [7, 11) is 0. The molecule has 0 saturated heterocycles. The number of hydrogen-bond acceptors (Lipinski definition) is 0. The van der Waals surface area contributed by atoms with Gasteiger partial charge in [0.15, 0.2) is 0 Å². The minimum absolute atomic E-state index is 0.878. The van der Waals surface area contributed by atoms with Crippen LogP contribution in [0.1, 0.15) is 75.7 Å². The first-order valence-electron chi connectivity index (χ1n) is 9.47. The Balaban J connectivity index is 1.52. The second kappa shape index (κ2) is 6.15. The van der Waals surface area contributed by atoms with Crippen LogP contribution < -0.4 is 0 Å². The molecular formula is C21H30. The van der Waals surface area contributed by atoms with Gasteiger partial charge >= 0.3 is 0 Å². The van der Waals surface area contributed by atoms with Crippen molar-refractivity contribution < 1.29 is 0 Å². The maximum absolute atomic E-state index is 2.40. The smallest absolute Gasteiger partial charge is 0.0128 e. The molecule has 0 heterocycles. The summed E-state index contributed by atoms with van der Waals surface area (Å²) in [6, 6.07) is 11.5. The molecule has 114 valence electrons. The van der Waals surface area contributed by atoms with Gasteiger partial charge < -0.3 is 0 Å². The van der Waals surface area contributed by atoms with Crippen LogP contribution in [-0.4, -0.2) is 0 Å². The lowest BCUT2D eigenvalue weighted by atomic mass is 9.73. The third-order valence-corrected chi connectivity index (χ3v) is 6.89. The molecule has 0 aliphatic heterocycles. The summed E-state index contributed by atoms with van der Waals surface area (Å²) < 4.78 is 0. The average molecular weight is 282 g/mol. The van der Waals surface area contributed by atoms with E-state index in [1.165, 1.54) is 57.8 Å². The Morgan fingerprint density at radius 3 is 2.19 bits per heavy atom. The molecule has 3 saturated carbocycles. The van der Waals surface area contributed by atoms with Crippen molar-refractivity contribution >= 4 is 0 Å². The van der Waals surface area contributed by atoms with E-state index in [0.29, 0.717) is 0 Å². The monoisotopic (exact) mass is 282 g/mol. The largest absolute Gasteiger partial charge is 0.0622 e. The lowest BCUT2D eigenvalue weighted by Crippen LogP contribution is -2.22. The van der Waals surface area contributed by atoms with Crippen LogP contribution in [-0.2, 0) is 0 Å². The van der Waals surface area contributed by atoms with Gasteiger partial charge in [0.1, 0.15) is 0 Å². The SMILES string of the molecule is c1ccc(C2CC(CC3CCCC3)C3CCCCC23)cc1. The molecule has 3 aliphatic rings. The van der Waals surface area contributed by atoms with Crippen molar-refractivity contribution in [2.24, 2.45) is 23.7 Å². The first-order valence-corrected chi connectivity index (χ1v) is 9.47. The molecule has 0 aromatic heterocycles. The molecule has 0 spiro atoms. The zero-order valence-electron chi connectivity index (χ0n) is 13.3. The third-order valence-electron chi connectivity index (χ3n) is 6.89. The van der Waals surface area contributed by atoms with Crippen LogP contribution in [0, 0.1) is 23.7 Å². The third kappa shape index (κ3) is 2.79. The van der Waals surface area contributed by atoms with Crippen molar-refractivity contribution in [1.29, 1.82) is 0 Å². The van der Waals surface area contributed by atoms with Crippen LogP contribution in [0.25, 0.3) is 0 Å². The van der Waals surface area contributed by atoms with E-state index < -0.39 is 0 Å². The maximum atomic E-state index is 2.40. The molecular weight excluding hydrogens is 252 g/mol. The van der Waals surface area contributed by atoms with Gasteiger partial charge in [0, 0.05) is 0 Å². The van der Waals surface area contributed by atoms with Gasteiger partial charge in [0.05, 0.1) is 0 Å². The molecule has 3 aliphatic carbocycles. The standard InChI is InChI=1S/C21H30/c1-2-10-17(11-3-1)21-15-18(14-16-8-4-5-9-16)19-12-6-7-13-20(19)21/h1-3,10-11,16,18-21H,4-9,12-15H2. The second-order valence-electron chi connectivity index (χ2n) is 8.01. The Kier molecular flexibility index (Phi) is 4.05. The van der Waals surface area contributed by atoms with Crippen LogP contribution in [0.2, 0.25) is 0 Å². The van der Waals surface area contributed by atoms with Crippen LogP contribution in [0.3, 0.4) is 0 Å². The van der Waals surface area contributed by atoms with E-state index in [9.17, 15) is 0 Å². The van der Waals surface area contributed by atoms with Crippen molar-refractivity contribution in [2.75, 3.05) is 0 Å². The highest BCUT2D eigenvalue weighted by Crippen LogP contribution is 2.55. The van der Waals surface area contributed by atoms with E-state index in [0.717, 1.165) is 29.6 Å². The predicted molar refractivity (Wildman–Crippen MR) is 89.3 cm³/mol. The quantitative estimate of drug-likeness (QED) is 0.621.